The van der Waals surface area contributed by atoms with Crippen LogP contribution in [0.5, 0.6) is 5.75 Å². The molecule has 0 heterocycles. The summed E-state index contributed by atoms with van der Waals surface area (Å²) in [5, 5.41) is 8.84. The van der Waals surface area contributed by atoms with E-state index in [9.17, 15) is 14.4 Å². The fourth-order valence-corrected chi connectivity index (χ4v) is 1.23. The lowest BCUT2D eigenvalue weighted by molar-refractivity contribution is -0.129. The standard InChI is InChI=1S/C12H14N2O5/c1-7-3-4-9(12(17)18)5-10(7)19-6-11(16)14-13-8(2)15/h3-5H,6H2,1-2H3,(H,13,15)(H,14,16)(H,17,18). The molecule has 0 fully saturated rings. The van der Waals surface area contributed by atoms with Crippen molar-refractivity contribution in [2.45, 2.75) is 13.8 Å². The van der Waals surface area contributed by atoms with E-state index in [2.05, 4.69) is 10.9 Å². The molecule has 0 aliphatic heterocycles. The van der Waals surface area contributed by atoms with Gasteiger partial charge in [-0.1, -0.05) is 6.07 Å². The van der Waals surface area contributed by atoms with Crippen LogP contribution in [0.1, 0.15) is 22.8 Å². The minimum Gasteiger partial charge on any atom is -0.483 e. The number of hydrazine groups is 1. The third kappa shape index (κ3) is 4.66. The Kier molecular flexibility index (Phi) is 4.87. The van der Waals surface area contributed by atoms with E-state index in [1.54, 1.807) is 13.0 Å². The lowest BCUT2D eigenvalue weighted by Gasteiger charge is -2.10. The Balaban J connectivity index is 2.62. The molecular formula is C12H14N2O5. The van der Waals surface area contributed by atoms with Gasteiger partial charge in [0.15, 0.2) is 6.61 Å². The van der Waals surface area contributed by atoms with Crippen LogP contribution in [0.2, 0.25) is 0 Å². The number of carboxylic acid groups (broad SMARTS) is 1. The SMILES string of the molecule is CC(=O)NNC(=O)COc1cc(C(=O)O)ccc1C. The molecule has 7 nitrogen and oxygen atoms in total. The quantitative estimate of drug-likeness (QED) is 0.677. The van der Waals surface area contributed by atoms with Crippen molar-refractivity contribution in [2.24, 2.45) is 0 Å². The van der Waals surface area contributed by atoms with Crippen molar-refractivity contribution in [2.75, 3.05) is 6.61 Å². The second kappa shape index (κ2) is 6.39. The number of benzene rings is 1. The molecule has 0 bridgehead atoms. The van der Waals surface area contributed by atoms with Crippen molar-refractivity contribution in [3.63, 3.8) is 0 Å². The number of carboxylic acids is 1. The summed E-state index contributed by atoms with van der Waals surface area (Å²) < 4.78 is 5.20. The number of ether oxygens (including phenoxy) is 1. The largest absolute Gasteiger partial charge is 0.483 e. The highest BCUT2D eigenvalue weighted by Crippen LogP contribution is 2.19. The summed E-state index contributed by atoms with van der Waals surface area (Å²) in [6, 6.07) is 4.37. The number of nitrogens with one attached hydrogen (secondary N) is 2. The zero-order valence-corrected chi connectivity index (χ0v) is 10.5. The van der Waals surface area contributed by atoms with Crippen molar-refractivity contribution in [1.82, 2.24) is 10.9 Å². The highest BCUT2D eigenvalue weighted by Gasteiger charge is 2.09. The number of aromatic carboxylic acids is 1. The zero-order valence-electron chi connectivity index (χ0n) is 10.5. The van der Waals surface area contributed by atoms with Gasteiger partial charge in [-0.15, -0.1) is 0 Å². The van der Waals surface area contributed by atoms with Gasteiger partial charge in [0.1, 0.15) is 5.75 Å². The van der Waals surface area contributed by atoms with E-state index in [0.29, 0.717) is 11.3 Å². The van der Waals surface area contributed by atoms with Crippen LogP contribution in [-0.4, -0.2) is 29.5 Å². The maximum absolute atomic E-state index is 11.3. The lowest BCUT2D eigenvalue weighted by Crippen LogP contribution is -2.42. The minimum atomic E-state index is -1.08. The summed E-state index contributed by atoms with van der Waals surface area (Å²) in [4.78, 5) is 32.6. The van der Waals surface area contributed by atoms with Crippen molar-refractivity contribution in [3.8, 4) is 5.75 Å². The smallest absolute Gasteiger partial charge is 0.335 e. The number of rotatable bonds is 4. The average Bonchev–Trinajstić information content (AvgIpc) is 2.35. The molecule has 0 saturated heterocycles. The van der Waals surface area contributed by atoms with Gasteiger partial charge in [-0.25, -0.2) is 4.79 Å². The molecule has 102 valence electrons. The third-order valence-electron chi connectivity index (χ3n) is 2.17. The summed E-state index contributed by atoms with van der Waals surface area (Å²) in [5.41, 5.74) is 5.02. The third-order valence-corrected chi connectivity index (χ3v) is 2.17. The van der Waals surface area contributed by atoms with Gasteiger partial charge >= 0.3 is 5.97 Å². The Bertz CT molecular complexity index is 513. The Morgan fingerprint density at radius 2 is 1.95 bits per heavy atom. The molecule has 1 aromatic carbocycles. The fourth-order valence-electron chi connectivity index (χ4n) is 1.23. The van der Waals surface area contributed by atoms with E-state index in [4.69, 9.17) is 9.84 Å². The first-order valence-corrected chi connectivity index (χ1v) is 5.42. The molecular weight excluding hydrogens is 252 g/mol. The maximum Gasteiger partial charge on any atom is 0.335 e. The number of aryl methyl sites for hydroxylation is 1. The molecule has 0 radical (unpaired) electrons. The van der Waals surface area contributed by atoms with Crippen LogP contribution < -0.4 is 15.6 Å². The summed E-state index contributed by atoms with van der Waals surface area (Å²) >= 11 is 0. The first-order valence-electron chi connectivity index (χ1n) is 5.42. The molecule has 0 saturated carbocycles. The topological polar surface area (TPSA) is 105 Å². The van der Waals surface area contributed by atoms with E-state index < -0.39 is 17.8 Å². The predicted molar refractivity (Wildman–Crippen MR) is 65.6 cm³/mol. The van der Waals surface area contributed by atoms with Crippen LogP contribution >= 0.6 is 0 Å². The van der Waals surface area contributed by atoms with Crippen LogP contribution in [0.4, 0.5) is 0 Å². The van der Waals surface area contributed by atoms with E-state index >= 15 is 0 Å². The van der Waals surface area contributed by atoms with E-state index in [1.165, 1.54) is 19.1 Å². The number of amides is 2. The van der Waals surface area contributed by atoms with Gasteiger partial charge in [0, 0.05) is 6.92 Å². The second-order valence-electron chi connectivity index (χ2n) is 3.80. The van der Waals surface area contributed by atoms with Gasteiger partial charge in [-0.05, 0) is 24.6 Å². The molecule has 1 rings (SSSR count). The number of hydrogen-bond acceptors (Lipinski definition) is 4. The maximum atomic E-state index is 11.3. The predicted octanol–water partition coefficient (Wildman–Crippen LogP) is 0.239. The van der Waals surface area contributed by atoms with Crippen LogP contribution in [0.15, 0.2) is 18.2 Å². The number of hydrogen-bond donors (Lipinski definition) is 3. The van der Waals surface area contributed by atoms with Gasteiger partial charge in [0.05, 0.1) is 5.56 Å². The summed E-state index contributed by atoms with van der Waals surface area (Å²) in [6.07, 6.45) is 0. The zero-order chi connectivity index (χ0) is 14.4. The lowest BCUT2D eigenvalue weighted by atomic mass is 10.1. The molecule has 0 unspecified atom stereocenters. The Hall–Kier alpha value is -2.57. The molecule has 2 amide bonds. The van der Waals surface area contributed by atoms with Crippen molar-refractivity contribution >= 4 is 17.8 Å². The first kappa shape index (κ1) is 14.5. The van der Waals surface area contributed by atoms with Crippen molar-refractivity contribution in [1.29, 1.82) is 0 Å². The van der Waals surface area contributed by atoms with Crippen LogP contribution in [-0.2, 0) is 9.59 Å². The monoisotopic (exact) mass is 266 g/mol. The van der Waals surface area contributed by atoms with Gasteiger partial charge in [-0.3, -0.25) is 20.4 Å². The normalized spacial score (nSPS) is 9.58. The summed E-state index contributed by atoms with van der Waals surface area (Å²) in [7, 11) is 0. The van der Waals surface area contributed by atoms with Gasteiger partial charge in [-0.2, -0.15) is 0 Å². The summed E-state index contributed by atoms with van der Waals surface area (Å²) in [5.74, 6) is -1.72. The molecule has 0 aromatic heterocycles. The minimum absolute atomic E-state index is 0.0721. The highest BCUT2D eigenvalue weighted by molar-refractivity contribution is 5.88. The summed E-state index contributed by atoms with van der Waals surface area (Å²) in [6.45, 7) is 2.65. The number of carbonyl (C=O) groups is 3. The van der Waals surface area contributed by atoms with Gasteiger partial charge in [0.25, 0.3) is 5.91 Å². The van der Waals surface area contributed by atoms with Gasteiger partial charge in [0.2, 0.25) is 5.91 Å². The van der Waals surface area contributed by atoms with E-state index in [-0.39, 0.29) is 12.2 Å². The van der Waals surface area contributed by atoms with Crippen LogP contribution in [0.3, 0.4) is 0 Å². The molecule has 0 aliphatic carbocycles. The molecule has 1 aromatic rings. The highest BCUT2D eigenvalue weighted by atomic mass is 16.5. The molecule has 3 N–H and O–H groups in total. The van der Waals surface area contributed by atoms with E-state index in [1.807, 2.05) is 0 Å². The van der Waals surface area contributed by atoms with Gasteiger partial charge < -0.3 is 9.84 Å². The van der Waals surface area contributed by atoms with Crippen LogP contribution in [0, 0.1) is 6.92 Å². The molecule has 0 atom stereocenters. The van der Waals surface area contributed by atoms with Crippen molar-refractivity contribution in [3.05, 3.63) is 29.3 Å². The molecule has 0 spiro atoms. The van der Waals surface area contributed by atoms with Crippen molar-refractivity contribution < 1.29 is 24.2 Å². The fraction of sp³-hybridized carbons (Fsp3) is 0.250. The first-order chi connectivity index (χ1) is 8.90. The molecule has 0 aliphatic rings. The molecule has 7 heteroatoms. The Morgan fingerprint density at radius 1 is 1.26 bits per heavy atom. The Labute approximate surface area is 109 Å². The Morgan fingerprint density at radius 3 is 2.53 bits per heavy atom. The van der Waals surface area contributed by atoms with Crippen LogP contribution in [0.25, 0.3) is 0 Å². The van der Waals surface area contributed by atoms with E-state index in [0.717, 1.165) is 0 Å². The number of carbonyl (C=O) groups excluding carboxylic acids is 2. The second-order valence-corrected chi connectivity index (χ2v) is 3.80. The average molecular weight is 266 g/mol. The molecule has 19 heavy (non-hydrogen) atoms.